The summed E-state index contributed by atoms with van der Waals surface area (Å²) in [7, 11) is -3.90. The standard InChI is InChI=1S/C10H13F3N2O4S2/c1-6-7(4-20-9(6)21(14,17)18)8(16)15-2-3-19-5-10(11,12)13/h4H,2-3,5H2,1H3,(H,15,16)(H2,14,17,18). The van der Waals surface area contributed by atoms with Crippen molar-refractivity contribution >= 4 is 27.3 Å². The molecule has 0 bridgehead atoms. The van der Waals surface area contributed by atoms with Gasteiger partial charge in [-0.15, -0.1) is 11.3 Å². The maximum absolute atomic E-state index is 11.8. The molecular formula is C10H13F3N2O4S2. The molecule has 1 aromatic heterocycles. The molecule has 0 saturated carbocycles. The Balaban J connectivity index is 2.52. The summed E-state index contributed by atoms with van der Waals surface area (Å²) < 4.78 is 62.0. The fourth-order valence-electron chi connectivity index (χ4n) is 1.42. The highest BCUT2D eigenvalue weighted by molar-refractivity contribution is 7.91. The van der Waals surface area contributed by atoms with Crippen LogP contribution in [0.3, 0.4) is 0 Å². The molecule has 0 unspecified atom stereocenters. The van der Waals surface area contributed by atoms with Crippen molar-refractivity contribution in [2.45, 2.75) is 17.3 Å². The summed E-state index contributed by atoms with van der Waals surface area (Å²) in [4.78, 5) is 11.7. The molecule has 1 aromatic rings. The molecule has 6 nitrogen and oxygen atoms in total. The Hall–Kier alpha value is -1.17. The first kappa shape index (κ1) is 17.9. The molecule has 0 aromatic carbocycles. The first-order chi connectivity index (χ1) is 9.52. The van der Waals surface area contributed by atoms with E-state index in [1.165, 1.54) is 12.3 Å². The number of rotatable bonds is 6. The molecule has 3 N–H and O–H groups in total. The van der Waals surface area contributed by atoms with E-state index in [1.54, 1.807) is 0 Å². The maximum atomic E-state index is 11.8. The Kier molecular flexibility index (Phi) is 5.73. The summed E-state index contributed by atoms with van der Waals surface area (Å²) in [6.07, 6.45) is -4.42. The van der Waals surface area contributed by atoms with Crippen LogP contribution in [0.2, 0.25) is 0 Å². The van der Waals surface area contributed by atoms with E-state index in [-0.39, 0.29) is 28.5 Å². The Bertz CT molecular complexity index is 610. The van der Waals surface area contributed by atoms with E-state index < -0.39 is 28.7 Å². The van der Waals surface area contributed by atoms with Crippen molar-refractivity contribution < 1.29 is 31.1 Å². The fourth-order valence-corrected chi connectivity index (χ4v) is 3.44. The molecule has 1 amide bonds. The van der Waals surface area contributed by atoms with Crippen LogP contribution >= 0.6 is 11.3 Å². The number of carbonyl (C=O) groups excluding carboxylic acids is 1. The highest BCUT2D eigenvalue weighted by Gasteiger charge is 2.27. The molecular weight excluding hydrogens is 333 g/mol. The third kappa shape index (κ3) is 5.61. The summed E-state index contributed by atoms with van der Waals surface area (Å²) >= 11 is 0.805. The zero-order valence-electron chi connectivity index (χ0n) is 10.9. The summed E-state index contributed by atoms with van der Waals surface area (Å²) in [5.41, 5.74) is 0.316. The van der Waals surface area contributed by atoms with Crippen LogP contribution in [0, 0.1) is 6.92 Å². The van der Waals surface area contributed by atoms with E-state index in [2.05, 4.69) is 10.1 Å². The van der Waals surface area contributed by atoms with Gasteiger partial charge in [0.1, 0.15) is 10.8 Å². The third-order valence-electron chi connectivity index (χ3n) is 2.29. The number of primary sulfonamides is 1. The average molecular weight is 346 g/mol. The van der Waals surface area contributed by atoms with E-state index >= 15 is 0 Å². The van der Waals surface area contributed by atoms with Crippen LogP contribution in [0.4, 0.5) is 13.2 Å². The molecule has 21 heavy (non-hydrogen) atoms. The summed E-state index contributed by atoms with van der Waals surface area (Å²) in [6, 6.07) is 0. The van der Waals surface area contributed by atoms with Crippen molar-refractivity contribution in [1.29, 1.82) is 0 Å². The van der Waals surface area contributed by atoms with Gasteiger partial charge in [-0.25, -0.2) is 13.6 Å². The normalized spacial score (nSPS) is 12.4. The minimum atomic E-state index is -4.42. The molecule has 0 atom stereocenters. The van der Waals surface area contributed by atoms with Gasteiger partial charge in [0, 0.05) is 11.9 Å². The predicted molar refractivity (Wildman–Crippen MR) is 69.6 cm³/mol. The van der Waals surface area contributed by atoms with Crippen LogP contribution in [0.15, 0.2) is 9.59 Å². The topological polar surface area (TPSA) is 98.5 Å². The highest BCUT2D eigenvalue weighted by atomic mass is 32.2. The van der Waals surface area contributed by atoms with Gasteiger partial charge < -0.3 is 10.1 Å². The van der Waals surface area contributed by atoms with Gasteiger partial charge >= 0.3 is 6.18 Å². The second kappa shape index (κ2) is 6.73. The number of carbonyl (C=O) groups is 1. The van der Waals surface area contributed by atoms with Crippen LogP contribution in [0.1, 0.15) is 15.9 Å². The number of halogens is 3. The quantitative estimate of drug-likeness (QED) is 0.751. The molecule has 0 saturated heterocycles. The number of nitrogens with one attached hydrogen (secondary N) is 1. The smallest absolute Gasteiger partial charge is 0.370 e. The Labute approximate surface area is 123 Å². The summed E-state index contributed by atoms with van der Waals surface area (Å²) in [5, 5.41) is 8.63. The van der Waals surface area contributed by atoms with Gasteiger partial charge in [-0.05, 0) is 12.5 Å². The number of thiophene rings is 1. The Morgan fingerprint density at radius 3 is 2.57 bits per heavy atom. The van der Waals surface area contributed by atoms with Crippen LogP contribution in [-0.4, -0.2) is 40.3 Å². The summed E-state index contributed by atoms with van der Waals surface area (Å²) in [6.45, 7) is -0.410. The van der Waals surface area contributed by atoms with Gasteiger partial charge in [0.2, 0.25) is 10.0 Å². The maximum Gasteiger partial charge on any atom is 0.411 e. The Morgan fingerprint density at radius 1 is 1.48 bits per heavy atom. The number of hydrogen-bond donors (Lipinski definition) is 2. The average Bonchev–Trinajstić information content (AvgIpc) is 2.68. The van der Waals surface area contributed by atoms with Gasteiger partial charge in [0.15, 0.2) is 0 Å². The first-order valence-electron chi connectivity index (χ1n) is 5.56. The first-order valence-corrected chi connectivity index (χ1v) is 7.98. The molecule has 0 aliphatic carbocycles. The summed E-state index contributed by atoms with van der Waals surface area (Å²) in [5.74, 6) is -0.603. The molecule has 0 aliphatic heterocycles. The van der Waals surface area contributed by atoms with Gasteiger partial charge in [0.05, 0.1) is 12.2 Å². The number of alkyl halides is 3. The largest absolute Gasteiger partial charge is 0.411 e. The number of nitrogens with two attached hydrogens (primary N) is 1. The minimum Gasteiger partial charge on any atom is -0.370 e. The minimum absolute atomic E-state index is 0.111. The zero-order valence-corrected chi connectivity index (χ0v) is 12.5. The molecule has 1 rings (SSSR count). The van der Waals surface area contributed by atoms with E-state index in [0.717, 1.165) is 11.3 Å². The molecule has 0 radical (unpaired) electrons. The van der Waals surface area contributed by atoms with Crippen molar-refractivity contribution in [1.82, 2.24) is 5.32 Å². The van der Waals surface area contributed by atoms with Crippen molar-refractivity contribution in [3.05, 3.63) is 16.5 Å². The molecule has 0 fully saturated rings. The van der Waals surface area contributed by atoms with E-state index in [4.69, 9.17) is 5.14 Å². The van der Waals surface area contributed by atoms with Crippen LogP contribution in [0.25, 0.3) is 0 Å². The zero-order chi connectivity index (χ0) is 16.3. The molecule has 0 aliphatic rings. The van der Waals surface area contributed by atoms with Crippen LogP contribution in [-0.2, 0) is 14.8 Å². The SMILES string of the molecule is Cc1c(C(=O)NCCOCC(F)(F)F)csc1S(N)(=O)=O. The molecule has 120 valence electrons. The second-order valence-electron chi connectivity index (χ2n) is 4.03. The van der Waals surface area contributed by atoms with Gasteiger partial charge in [-0.3, -0.25) is 4.79 Å². The third-order valence-corrected chi connectivity index (χ3v) is 4.98. The van der Waals surface area contributed by atoms with Gasteiger partial charge in [-0.2, -0.15) is 13.2 Å². The lowest BCUT2D eigenvalue weighted by Crippen LogP contribution is -2.29. The number of amides is 1. The fraction of sp³-hybridized carbons (Fsp3) is 0.500. The van der Waals surface area contributed by atoms with E-state index in [0.29, 0.717) is 0 Å². The van der Waals surface area contributed by atoms with Crippen LogP contribution < -0.4 is 10.5 Å². The highest BCUT2D eigenvalue weighted by Crippen LogP contribution is 2.25. The number of ether oxygens (including phenoxy) is 1. The Morgan fingerprint density at radius 2 is 2.10 bits per heavy atom. The molecule has 11 heteroatoms. The van der Waals surface area contributed by atoms with Crippen molar-refractivity contribution in [3.63, 3.8) is 0 Å². The lowest BCUT2D eigenvalue weighted by Gasteiger charge is -2.08. The molecule has 1 heterocycles. The lowest BCUT2D eigenvalue weighted by atomic mass is 10.2. The van der Waals surface area contributed by atoms with Crippen molar-refractivity contribution in [3.8, 4) is 0 Å². The number of sulfonamides is 1. The lowest BCUT2D eigenvalue weighted by molar-refractivity contribution is -0.173. The van der Waals surface area contributed by atoms with Crippen molar-refractivity contribution in [2.75, 3.05) is 19.8 Å². The molecule has 0 spiro atoms. The van der Waals surface area contributed by atoms with Crippen LogP contribution in [0.5, 0.6) is 0 Å². The monoisotopic (exact) mass is 346 g/mol. The van der Waals surface area contributed by atoms with Crippen molar-refractivity contribution in [2.24, 2.45) is 5.14 Å². The predicted octanol–water partition coefficient (Wildman–Crippen LogP) is 1.01. The van der Waals surface area contributed by atoms with Gasteiger partial charge in [-0.1, -0.05) is 0 Å². The number of hydrogen-bond acceptors (Lipinski definition) is 5. The van der Waals surface area contributed by atoms with Gasteiger partial charge in [0.25, 0.3) is 5.91 Å². The van der Waals surface area contributed by atoms with E-state index in [1.807, 2.05) is 0 Å². The second-order valence-corrected chi connectivity index (χ2v) is 6.67. The van der Waals surface area contributed by atoms with E-state index in [9.17, 15) is 26.4 Å².